The fraction of sp³-hybridized carbons (Fsp3) is 0.583. The van der Waals surface area contributed by atoms with Crippen molar-refractivity contribution in [2.75, 3.05) is 30.3 Å². The Morgan fingerprint density at radius 1 is 1.26 bits per heavy atom. The zero-order chi connectivity index (χ0) is 14.3. The minimum atomic E-state index is 0.193. The highest BCUT2D eigenvalue weighted by molar-refractivity contribution is 7.99. The van der Waals surface area contributed by atoms with Gasteiger partial charge < -0.3 is 16.4 Å². The summed E-state index contributed by atoms with van der Waals surface area (Å²) in [6, 6.07) is 1.52. The highest BCUT2D eigenvalue weighted by atomic mass is 32.2. The molecule has 0 atom stereocenters. The molecule has 6 nitrogen and oxygen atoms in total. The van der Waals surface area contributed by atoms with E-state index in [-0.39, 0.29) is 5.91 Å². The van der Waals surface area contributed by atoms with Gasteiger partial charge >= 0.3 is 0 Å². The van der Waals surface area contributed by atoms with Crippen molar-refractivity contribution in [2.24, 2.45) is 0 Å². The van der Waals surface area contributed by atoms with Gasteiger partial charge in [-0.3, -0.25) is 4.79 Å². The molecule has 7 heteroatoms. The van der Waals surface area contributed by atoms with Crippen LogP contribution < -0.4 is 11.5 Å². The number of amides is 1. The summed E-state index contributed by atoms with van der Waals surface area (Å²) < 4.78 is 0. The third-order valence-electron chi connectivity index (χ3n) is 2.63. The number of carbonyl (C=O) groups excluding carboxylic acids is 1. The van der Waals surface area contributed by atoms with Gasteiger partial charge in [0.25, 0.3) is 0 Å². The van der Waals surface area contributed by atoms with Crippen molar-refractivity contribution in [3.05, 3.63) is 6.07 Å². The average molecular weight is 283 g/mol. The lowest BCUT2D eigenvalue weighted by Gasteiger charge is -2.18. The van der Waals surface area contributed by atoms with Gasteiger partial charge in [-0.15, -0.1) is 0 Å². The lowest BCUT2D eigenvalue weighted by molar-refractivity contribution is -0.130. The van der Waals surface area contributed by atoms with E-state index in [0.29, 0.717) is 23.2 Å². The summed E-state index contributed by atoms with van der Waals surface area (Å²) in [5.41, 5.74) is 11.2. The molecule has 0 saturated heterocycles. The van der Waals surface area contributed by atoms with Crippen molar-refractivity contribution >= 4 is 29.3 Å². The topological polar surface area (TPSA) is 98.1 Å². The lowest BCUT2D eigenvalue weighted by atomic mass is 10.3. The van der Waals surface area contributed by atoms with Gasteiger partial charge in [0.05, 0.1) is 0 Å². The van der Waals surface area contributed by atoms with Gasteiger partial charge in [-0.05, 0) is 20.3 Å². The van der Waals surface area contributed by atoms with Crippen LogP contribution in [0.1, 0.15) is 26.7 Å². The third-order valence-corrected chi connectivity index (χ3v) is 3.56. The first-order valence-electron chi connectivity index (χ1n) is 6.37. The number of anilines is 2. The van der Waals surface area contributed by atoms with Crippen molar-refractivity contribution in [3.8, 4) is 0 Å². The molecule has 0 aliphatic rings. The first kappa shape index (κ1) is 15.6. The van der Waals surface area contributed by atoms with E-state index in [1.807, 2.05) is 18.7 Å². The molecule has 0 unspecified atom stereocenters. The van der Waals surface area contributed by atoms with Crippen LogP contribution in [0.4, 0.5) is 11.6 Å². The molecule has 1 aromatic rings. The summed E-state index contributed by atoms with van der Waals surface area (Å²) in [5, 5.41) is 0.563. The monoisotopic (exact) mass is 283 g/mol. The molecule has 0 fully saturated rings. The molecule has 0 spiro atoms. The van der Waals surface area contributed by atoms with Crippen LogP contribution in [0.15, 0.2) is 11.2 Å². The minimum absolute atomic E-state index is 0.193. The SMILES string of the molecule is CCN(CC)C(=O)CCCSc1nc(N)cc(N)n1. The molecular weight excluding hydrogens is 262 g/mol. The van der Waals surface area contributed by atoms with Crippen LogP contribution in [-0.2, 0) is 4.79 Å². The average Bonchev–Trinajstić information content (AvgIpc) is 2.35. The normalized spacial score (nSPS) is 10.4. The van der Waals surface area contributed by atoms with Crippen LogP contribution in [0, 0.1) is 0 Å². The van der Waals surface area contributed by atoms with Gasteiger partial charge in [-0.2, -0.15) is 0 Å². The highest BCUT2D eigenvalue weighted by Crippen LogP contribution is 2.17. The summed E-state index contributed by atoms with van der Waals surface area (Å²) in [4.78, 5) is 21.7. The number of nitrogens with two attached hydrogens (primary N) is 2. The second-order valence-corrected chi connectivity index (χ2v) is 5.08. The Labute approximate surface area is 118 Å². The molecule has 1 aromatic heterocycles. The van der Waals surface area contributed by atoms with Crippen LogP contribution in [0.25, 0.3) is 0 Å². The Balaban J connectivity index is 2.32. The van der Waals surface area contributed by atoms with E-state index in [9.17, 15) is 4.79 Å². The quantitative estimate of drug-likeness (QED) is 0.445. The maximum Gasteiger partial charge on any atom is 0.222 e. The predicted octanol–water partition coefficient (Wildman–Crippen LogP) is 1.38. The molecule has 1 amide bonds. The van der Waals surface area contributed by atoms with Crippen LogP contribution in [-0.4, -0.2) is 39.6 Å². The standard InChI is InChI=1S/C12H21N5OS/c1-3-17(4-2)11(18)6-5-7-19-12-15-9(13)8-10(14)16-12/h8H,3-7H2,1-2H3,(H4,13,14,15,16). The number of nitrogen functional groups attached to an aromatic ring is 2. The molecule has 1 rings (SSSR count). The number of thioether (sulfide) groups is 1. The van der Waals surface area contributed by atoms with E-state index in [2.05, 4.69) is 9.97 Å². The highest BCUT2D eigenvalue weighted by Gasteiger charge is 2.09. The van der Waals surface area contributed by atoms with Gasteiger partial charge in [-0.1, -0.05) is 11.8 Å². The maximum absolute atomic E-state index is 11.8. The van der Waals surface area contributed by atoms with Gasteiger partial charge in [0.2, 0.25) is 5.91 Å². The van der Waals surface area contributed by atoms with Crippen molar-refractivity contribution in [1.82, 2.24) is 14.9 Å². The second-order valence-electron chi connectivity index (χ2n) is 4.02. The van der Waals surface area contributed by atoms with Crippen LogP contribution in [0.5, 0.6) is 0 Å². The zero-order valence-electron chi connectivity index (χ0n) is 11.4. The molecule has 0 bridgehead atoms. The Morgan fingerprint density at radius 3 is 2.37 bits per heavy atom. The first-order valence-corrected chi connectivity index (χ1v) is 7.36. The summed E-state index contributed by atoms with van der Waals surface area (Å²) in [6.07, 6.45) is 1.34. The minimum Gasteiger partial charge on any atom is -0.383 e. The number of carbonyl (C=O) groups is 1. The number of rotatable bonds is 7. The van der Waals surface area contributed by atoms with Gasteiger partial charge in [0, 0.05) is 31.3 Å². The smallest absolute Gasteiger partial charge is 0.222 e. The fourth-order valence-electron chi connectivity index (χ4n) is 1.65. The van der Waals surface area contributed by atoms with Crippen molar-refractivity contribution < 1.29 is 4.79 Å². The molecule has 0 saturated carbocycles. The number of aromatic nitrogens is 2. The summed E-state index contributed by atoms with van der Waals surface area (Å²) in [7, 11) is 0. The van der Waals surface area contributed by atoms with Gasteiger partial charge in [-0.25, -0.2) is 9.97 Å². The van der Waals surface area contributed by atoms with Crippen LogP contribution >= 0.6 is 11.8 Å². The predicted molar refractivity (Wildman–Crippen MR) is 78.7 cm³/mol. The molecule has 4 N–H and O–H groups in total. The molecule has 19 heavy (non-hydrogen) atoms. The van der Waals surface area contributed by atoms with Crippen LogP contribution in [0.2, 0.25) is 0 Å². The first-order chi connectivity index (χ1) is 9.06. The van der Waals surface area contributed by atoms with Crippen molar-refractivity contribution in [3.63, 3.8) is 0 Å². The Kier molecular flexibility index (Phi) is 6.41. The van der Waals surface area contributed by atoms with E-state index in [0.717, 1.165) is 25.3 Å². The van der Waals surface area contributed by atoms with Gasteiger partial charge in [0.15, 0.2) is 5.16 Å². The van der Waals surface area contributed by atoms with Crippen molar-refractivity contribution in [2.45, 2.75) is 31.8 Å². The summed E-state index contributed by atoms with van der Waals surface area (Å²) in [5.74, 6) is 1.71. The molecule has 1 heterocycles. The van der Waals surface area contributed by atoms with E-state index >= 15 is 0 Å². The van der Waals surface area contributed by atoms with E-state index in [1.165, 1.54) is 17.8 Å². The summed E-state index contributed by atoms with van der Waals surface area (Å²) in [6.45, 7) is 5.49. The van der Waals surface area contributed by atoms with E-state index in [1.54, 1.807) is 0 Å². The number of hydrogen-bond donors (Lipinski definition) is 2. The van der Waals surface area contributed by atoms with Crippen molar-refractivity contribution in [1.29, 1.82) is 0 Å². The number of nitrogens with zero attached hydrogens (tertiary/aromatic N) is 3. The molecule has 0 aliphatic heterocycles. The van der Waals surface area contributed by atoms with Gasteiger partial charge in [0.1, 0.15) is 11.6 Å². The molecule has 0 aliphatic carbocycles. The Hall–Kier alpha value is -1.50. The van der Waals surface area contributed by atoms with Crippen LogP contribution in [0.3, 0.4) is 0 Å². The zero-order valence-corrected chi connectivity index (χ0v) is 12.2. The molecule has 0 aromatic carbocycles. The Bertz CT molecular complexity index is 402. The van der Waals surface area contributed by atoms with E-state index < -0.39 is 0 Å². The van der Waals surface area contributed by atoms with E-state index in [4.69, 9.17) is 11.5 Å². The molecule has 0 radical (unpaired) electrons. The maximum atomic E-state index is 11.8. The molecular formula is C12H21N5OS. The second kappa shape index (κ2) is 7.83. The summed E-state index contributed by atoms with van der Waals surface area (Å²) >= 11 is 1.46. The Morgan fingerprint density at radius 2 is 1.84 bits per heavy atom. The lowest BCUT2D eigenvalue weighted by Crippen LogP contribution is -2.30. The molecule has 106 valence electrons. The fourth-order valence-corrected chi connectivity index (χ4v) is 2.46. The third kappa shape index (κ3) is 5.34. The number of hydrogen-bond acceptors (Lipinski definition) is 6. The largest absolute Gasteiger partial charge is 0.383 e.